The predicted molar refractivity (Wildman–Crippen MR) is 58.9 cm³/mol. The van der Waals surface area contributed by atoms with Gasteiger partial charge in [0.25, 0.3) is 0 Å². The zero-order valence-corrected chi connectivity index (χ0v) is 9.37. The monoisotopic (exact) mass is 238 g/mol. The molecule has 0 saturated carbocycles. The van der Waals surface area contributed by atoms with E-state index in [1.807, 2.05) is 12.3 Å². The van der Waals surface area contributed by atoms with E-state index in [4.69, 9.17) is 0 Å². The molecule has 0 spiro atoms. The average molecular weight is 238 g/mol. The van der Waals surface area contributed by atoms with Gasteiger partial charge in [0.05, 0.1) is 0 Å². The van der Waals surface area contributed by atoms with Gasteiger partial charge in [-0.1, -0.05) is 6.92 Å². The first kappa shape index (κ1) is 10.7. The van der Waals surface area contributed by atoms with Gasteiger partial charge in [0.2, 0.25) is 5.96 Å². The number of guanidine groups is 1. The minimum absolute atomic E-state index is 0.131. The molecular formula is C9H10N4O2S. The number of rotatable bonds is 3. The summed E-state index contributed by atoms with van der Waals surface area (Å²) < 4.78 is 0. The van der Waals surface area contributed by atoms with E-state index >= 15 is 0 Å². The van der Waals surface area contributed by atoms with Crippen LogP contribution in [0.5, 0.6) is 0 Å². The summed E-state index contributed by atoms with van der Waals surface area (Å²) in [5.41, 5.74) is 0. The summed E-state index contributed by atoms with van der Waals surface area (Å²) in [6.45, 7) is 1.97. The summed E-state index contributed by atoms with van der Waals surface area (Å²) in [5.74, 6) is -1.14. The molecule has 1 aromatic heterocycles. The van der Waals surface area contributed by atoms with Crippen molar-refractivity contribution in [2.45, 2.75) is 19.4 Å². The average Bonchev–Trinajstić information content (AvgIpc) is 2.86. The van der Waals surface area contributed by atoms with Crippen LogP contribution in [-0.2, 0) is 9.59 Å². The highest BCUT2D eigenvalue weighted by molar-refractivity contribution is 7.09. The van der Waals surface area contributed by atoms with Crippen molar-refractivity contribution in [1.29, 1.82) is 0 Å². The summed E-state index contributed by atoms with van der Waals surface area (Å²) in [7, 11) is 0. The van der Waals surface area contributed by atoms with Gasteiger partial charge in [0.15, 0.2) is 0 Å². The lowest BCUT2D eigenvalue weighted by atomic mass is 10.2. The van der Waals surface area contributed by atoms with Crippen molar-refractivity contribution in [1.82, 2.24) is 15.6 Å². The van der Waals surface area contributed by atoms with Crippen LogP contribution in [-0.4, -0.2) is 22.8 Å². The number of carbonyl (C=O) groups is 2. The Morgan fingerprint density at radius 2 is 2.12 bits per heavy atom. The molecule has 0 aliphatic carbocycles. The molecule has 1 aliphatic heterocycles. The fourth-order valence-corrected chi connectivity index (χ4v) is 2.06. The highest BCUT2D eigenvalue weighted by Gasteiger charge is 2.26. The summed E-state index contributed by atoms with van der Waals surface area (Å²) in [6, 6.07) is -0.131. The first-order valence-electron chi connectivity index (χ1n) is 4.80. The highest BCUT2D eigenvalue weighted by atomic mass is 32.1. The summed E-state index contributed by atoms with van der Waals surface area (Å²) in [6.07, 6.45) is 2.46. The van der Waals surface area contributed by atoms with Crippen molar-refractivity contribution in [2.24, 2.45) is 4.99 Å². The zero-order valence-electron chi connectivity index (χ0n) is 8.56. The highest BCUT2D eigenvalue weighted by Crippen LogP contribution is 2.22. The molecule has 16 heavy (non-hydrogen) atoms. The first-order chi connectivity index (χ1) is 7.70. The molecule has 0 bridgehead atoms. The third-order valence-corrected chi connectivity index (χ3v) is 2.95. The molecule has 2 N–H and O–H groups in total. The van der Waals surface area contributed by atoms with Gasteiger partial charge in [-0.2, -0.15) is 0 Å². The Labute approximate surface area is 95.8 Å². The summed E-state index contributed by atoms with van der Waals surface area (Å²) in [4.78, 5) is 30.2. The van der Waals surface area contributed by atoms with Crippen molar-refractivity contribution in [3.8, 4) is 0 Å². The number of carbonyl (C=O) groups excluding carboxylic acids is 2. The molecule has 1 fully saturated rings. The molecule has 1 unspecified atom stereocenters. The Hall–Kier alpha value is -1.76. The maximum absolute atomic E-state index is 10.9. The first-order valence-corrected chi connectivity index (χ1v) is 5.68. The number of nitrogens with one attached hydrogen (secondary N) is 2. The van der Waals surface area contributed by atoms with Crippen LogP contribution >= 0.6 is 11.3 Å². The minimum Gasteiger partial charge on any atom is -0.288 e. The van der Waals surface area contributed by atoms with Gasteiger partial charge in [-0.05, 0) is 6.42 Å². The smallest absolute Gasteiger partial charge is 0.288 e. The minimum atomic E-state index is -0.673. The molecule has 84 valence electrons. The van der Waals surface area contributed by atoms with Crippen LogP contribution in [0.15, 0.2) is 16.6 Å². The molecule has 2 amide bonds. The Bertz CT molecular complexity index is 422. The maximum Gasteiger partial charge on any atom is 0.316 e. The van der Waals surface area contributed by atoms with Crippen LogP contribution in [0.1, 0.15) is 24.4 Å². The number of nitrogens with zero attached hydrogens (tertiary/aromatic N) is 2. The van der Waals surface area contributed by atoms with Crippen LogP contribution in [0.3, 0.4) is 0 Å². The largest absolute Gasteiger partial charge is 0.316 e. The van der Waals surface area contributed by atoms with Crippen molar-refractivity contribution in [3.05, 3.63) is 16.6 Å². The fraction of sp³-hybridized carbons (Fsp3) is 0.333. The van der Waals surface area contributed by atoms with Crippen LogP contribution in [0, 0.1) is 0 Å². The zero-order chi connectivity index (χ0) is 11.5. The molecule has 1 saturated heterocycles. The lowest BCUT2D eigenvalue weighted by Gasteiger charge is -2.06. The standard InChI is InChI=1S/C9H10N4O2S/c1-2-5(8-10-3-4-16-8)11-9-12-6(14)7(15)13-9/h3-5H,2H2,1H3,(H2,11,12,13,14,15). The second-order valence-corrected chi connectivity index (χ2v) is 4.11. The number of hydrogen-bond acceptors (Lipinski definition) is 5. The number of amides is 2. The molecule has 0 aromatic carbocycles. The number of aromatic nitrogens is 1. The van der Waals surface area contributed by atoms with Gasteiger partial charge in [0, 0.05) is 11.6 Å². The van der Waals surface area contributed by atoms with E-state index in [1.165, 1.54) is 11.3 Å². The topological polar surface area (TPSA) is 83.5 Å². The lowest BCUT2D eigenvalue weighted by molar-refractivity contribution is -0.135. The third kappa shape index (κ3) is 2.08. The van der Waals surface area contributed by atoms with Gasteiger partial charge in [-0.3, -0.25) is 20.2 Å². The Morgan fingerprint density at radius 1 is 1.44 bits per heavy atom. The van der Waals surface area contributed by atoms with E-state index in [1.54, 1.807) is 6.20 Å². The number of aliphatic imine (C=N–C) groups is 1. The second-order valence-electron chi connectivity index (χ2n) is 3.18. The van der Waals surface area contributed by atoms with Crippen molar-refractivity contribution in [2.75, 3.05) is 0 Å². The van der Waals surface area contributed by atoms with E-state index in [0.717, 1.165) is 11.4 Å². The summed E-state index contributed by atoms with van der Waals surface area (Å²) >= 11 is 1.50. The van der Waals surface area contributed by atoms with Crippen molar-refractivity contribution in [3.63, 3.8) is 0 Å². The Morgan fingerprint density at radius 3 is 2.62 bits per heavy atom. The van der Waals surface area contributed by atoms with Gasteiger partial charge in [-0.15, -0.1) is 11.3 Å². The summed E-state index contributed by atoms with van der Waals surface area (Å²) in [5, 5.41) is 7.45. The quantitative estimate of drug-likeness (QED) is 0.738. The van der Waals surface area contributed by atoms with Crippen LogP contribution in [0.25, 0.3) is 0 Å². The lowest BCUT2D eigenvalue weighted by Crippen LogP contribution is -2.26. The fourth-order valence-electron chi connectivity index (χ4n) is 1.30. The molecular weight excluding hydrogens is 228 g/mol. The van der Waals surface area contributed by atoms with Crippen LogP contribution < -0.4 is 10.6 Å². The number of hydrogen-bond donors (Lipinski definition) is 2. The van der Waals surface area contributed by atoms with Gasteiger partial charge < -0.3 is 0 Å². The van der Waals surface area contributed by atoms with Crippen molar-refractivity contribution >= 4 is 29.1 Å². The van der Waals surface area contributed by atoms with E-state index in [0.29, 0.717) is 0 Å². The van der Waals surface area contributed by atoms with Gasteiger partial charge in [0.1, 0.15) is 11.0 Å². The molecule has 2 heterocycles. The van der Waals surface area contributed by atoms with Gasteiger partial charge >= 0.3 is 11.8 Å². The number of thiazole rings is 1. The molecule has 2 rings (SSSR count). The Balaban J connectivity index is 2.16. The van der Waals surface area contributed by atoms with Crippen LogP contribution in [0.2, 0.25) is 0 Å². The Kier molecular flexibility index (Phi) is 2.95. The van der Waals surface area contributed by atoms with E-state index in [9.17, 15) is 9.59 Å². The SMILES string of the molecule is CCC(N=C1NC(=O)C(=O)N1)c1nccs1. The van der Waals surface area contributed by atoms with Crippen molar-refractivity contribution < 1.29 is 9.59 Å². The molecule has 6 nitrogen and oxygen atoms in total. The third-order valence-electron chi connectivity index (χ3n) is 2.08. The van der Waals surface area contributed by atoms with E-state index < -0.39 is 11.8 Å². The van der Waals surface area contributed by atoms with Crippen LogP contribution in [0.4, 0.5) is 0 Å². The maximum atomic E-state index is 10.9. The molecule has 1 aliphatic rings. The van der Waals surface area contributed by atoms with E-state index in [-0.39, 0.29) is 12.0 Å². The predicted octanol–water partition coefficient (Wildman–Crippen LogP) is 0.196. The second kappa shape index (κ2) is 4.40. The molecule has 0 radical (unpaired) electrons. The molecule has 1 aromatic rings. The van der Waals surface area contributed by atoms with E-state index in [2.05, 4.69) is 20.6 Å². The normalized spacial score (nSPS) is 16.9. The molecule has 7 heteroatoms. The van der Waals surface area contributed by atoms with Gasteiger partial charge in [-0.25, -0.2) is 9.98 Å². The molecule has 1 atom stereocenters.